The molecule has 0 radical (unpaired) electrons. The van der Waals surface area contributed by atoms with Crippen molar-refractivity contribution < 1.29 is 0 Å². The molecule has 0 amide bonds. The number of likely N-dealkylation sites (tertiary alicyclic amines) is 1. The smallest absolute Gasteiger partial charge is 0.00951 e. The van der Waals surface area contributed by atoms with Gasteiger partial charge in [-0.1, -0.05) is 33.1 Å². The van der Waals surface area contributed by atoms with E-state index < -0.39 is 0 Å². The molecule has 16 heavy (non-hydrogen) atoms. The summed E-state index contributed by atoms with van der Waals surface area (Å²) in [5, 5.41) is 0. The molecule has 2 atom stereocenters. The van der Waals surface area contributed by atoms with Crippen LogP contribution in [0.4, 0.5) is 0 Å². The number of nitrogens with zero attached hydrogens (tertiary/aromatic N) is 1. The van der Waals surface area contributed by atoms with Gasteiger partial charge >= 0.3 is 0 Å². The van der Waals surface area contributed by atoms with E-state index in [0.717, 1.165) is 6.04 Å². The Balaban J connectivity index is 2.26. The Hall–Kier alpha value is -0.0800. The van der Waals surface area contributed by atoms with Crippen molar-refractivity contribution in [2.45, 2.75) is 77.3 Å². The molecule has 2 heteroatoms. The van der Waals surface area contributed by atoms with Crippen LogP contribution in [0.5, 0.6) is 0 Å². The predicted molar refractivity (Wildman–Crippen MR) is 71.6 cm³/mol. The van der Waals surface area contributed by atoms with E-state index in [2.05, 4.69) is 18.7 Å². The van der Waals surface area contributed by atoms with Crippen LogP contribution in [0.15, 0.2) is 0 Å². The van der Waals surface area contributed by atoms with Gasteiger partial charge < -0.3 is 10.6 Å². The Morgan fingerprint density at radius 2 is 2.00 bits per heavy atom. The van der Waals surface area contributed by atoms with E-state index in [1.165, 1.54) is 64.5 Å². The highest BCUT2D eigenvalue weighted by Crippen LogP contribution is 2.21. The minimum atomic E-state index is 0.425. The fourth-order valence-electron chi connectivity index (χ4n) is 2.86. The zero-order chi connectivity index (χ0) is 11.8. The first-order valence-electron chi connectivity index (χ1n) is 7.27. The lowest BCUT2D eigenvalue weighted by Gasteiger charge is -2.36. The first kappa shape index (κ1) is 14.0. The van der Waals surface area contributed by atoms with E-state index in [0.29, 0.717) is 6.04 Å². The molecule has 0 spiro atoms. The molecule has 0 aromatic rings. The minimum Gasteiger partial charge on any atom is -0.328 e. The molecule has 0 saturated carbocycles. The summed E-state index contributed by atoms with van der Waals surface area (Å²) >= 11 is 0. The average Bonchev–Trinajstić information content (AvgIpc) is 2.29. The van der Waals surface area contributed by atoms with Crippen molar-refractivity contribution in [2.75, 3.05) is 13.1 Å². The van der Waals surface area contributed by atoms with Crippen molar-refractivity contribution >= 4 is 0 Å². The number of piperidine rings is 1. The quantitative estimate of drug-likeness (QED) is 0.722. The Bertz CT molecular complexity index is 168. The summed E-state index contributed by atoms with van der Waals surface area (Å²) < 4.78 is 0. The second-order valence-corrected chi connectivity index (χ2v) is 5.31. The molecule has 2 nitrogen and oxygen atoms in total. The van der Waals surface area contributed by atoms with Crippen LogP contribution in [0.1, 0.15) is 65.2 Å². The van der Waals surface area contributed by atoms with E-state index in [4.69, 9.17) is 5.73 Å². The van der Waals surface area contributed by atoms with Crippen molar-refractivity contribution in [3.05, 3.63) is 0 Å². The van der Waals surface area contributed by atoms with Crippen molar-refractivity contribution in [3.8, 4) is 0 Å². The first-order valence-corrected chi connectivity index (χ1v) is 7.27. The second kappa shape index (κ2) is 8.08. The molecular weight excluding hydrogens is 196 g/mol. The average molecular weight is 226 g/mol. The second-order valence-electron chi connectivity index (χ2n) is 5.31. The lowest BCUT2D eigenvalue weighted by molar-refractivity contribution is 0.134. The van der Waals surface area contributed by atoms with Crippen LogP contribution in [-0.2, 0) is 0 Å². The summed E-state index contributed by atoms with van der Waals surface area (Å²) in [5.74, 6) is 0. The van der Waals surface area contributed by atoms with Gasteiger partial charge in [0.25, 0.3) is 0 Å². The molecule has 1 rings (SSSR count). The summed E-state index contributed by atoms with van der Waals surface area (Å²) in [6, 6.07) is 1.28. The normalized spacial score (nSPS) is 24.6. The van der Waals surface area contributed by atoms with Crippen LogP contribution in [0, 0.1) is 0 Å². The molecule has 1 heterocycles. The van der Waals surface area contributed by atoms with Crippen LogP contribution in [0.25, 0.3) is 0 Å². The van der Waals surface area contributed by atoms with E-state index in [1.807, 2.05) is 0 Å². The third-order valence-electron chi connectivity index (χ3n) is 3.82. The summed E-state index contributed by atoms with van der Waals surface area (Å²) in [7, 11) is 0. The van der Waals surface area contributed by atoms with Crippen molar-refractivity contribution in [3.63, 3.8) is 0 Å². The Morgan fingerprint density at radius 1 is 1.19 bits per heavy atom. The van der Waals surface area contributed by atoms with Gasteiger partial charge in [0.1, 0.15) is 0 Å². The summed E-state index contributed by atoms with van der Waals surface area (Å²) in [5.41, 5.74) is 6.09. The fraction of sp³-hybridized carbons (Fsp3) is 1.00. The Kier molecular flexibility index (Phi) is 7.06. The third-order valence-corrected chi connectivity index (χ3v) is 3.82. The van der Waals surface area contributed by atoms with Gasteiger partial charge in [0.05, 0.1) is 0 Å². The van der Waals surface area contributed by atoms with E-state index in [1.54, 1.807) is 0 Å². The van der Waals surface area contributed by atoms with Crippen LogP contribution >= 0.6 is 0 Å². The molecule has 1 aliphatic heterocycles. The van der Waals surface area contributed by atoms with Gasteiger partial charge in [0, 0.05) is 12.1 Å². The Morgan fingerprint density at radius 3 is 2.69 bits per heavy atom. The molecule has 2 unspecified atom stereocenters. The van der Waals surface area contributed by atoms with E-state index in [-0.39, 0.29) is 0 Å². The summed E-state index contributed by atoms with van der Waals surface area (Å²) in [6.07, 6.45) is 10.5. The maximum absolute atomic E-state index is 6.09. The molecule has 2 N–H and O–H groups in total. The van der Waals surface area contributed by atoms with Crippen LogP contribution in [0.2, 0.25) is 0 Å². The molecule has 1 saturated heterocycles. The number of hydrogen-bond acceptors (Lipinski definition) is 2. The molecular formula is C14H30N2. The SMILES string of the molecule is CCCC(N)CCN1CCCCC1CCC. The zero-order valence-corrected chi connectivity index (χ0v) is 11.3. The number of nitrogens with two attached hydrogens (primary N) is 1. The van der Waals surface area contributed by atoms with Crippen molar-refractivity contribution in [1.82, 2.24) is 4.90 Å². The van der Waals surface area contributed by atoms with Gasteiger partial charge in [-0.2, -0.15) is 0 Å². The molecule has 0 aromatic heterocycles. The largest absolute Gasteiger partial charge is 0.328 e. The molecule has 1 fully saturated rings. The minimum absolute atomic E-state index is 0.425. The number of rotatable bonds is 7. The van der Waals surface area contributed by atoms with E-state index >= 15 is 0 Å². The van der Waals surface area contributed by atoms with Gasteiger partial charge in [-0.3, -0.25) is 0 Å². The summed E-state index contributed by atoms with van der Waals surface area (Å²) in [4.78, 5) is 2.70. The molecule has 0 bridgehead atoms. The van der Waals surface area contributed by atoms with Crippen LogP contribution < -0.4 is 5.73 Å². The topological polar surface area (TPSA) is 29.3 Å². The maximum Gasteiger partial charge on any atom is 0.00951 e. The van der Waals surface area contributed by atoms with Crippen LogP contribution in [-0.4, -0.2) is 30.1 Å². The van der Waals surface area contributed by atoms with Gasteiger partial charge in [-0.05, 0) is 45.2 Å². The standard InChI is InChI=1S/C14H30N2/c1-3-7-13(15)10-12-16-11-6-5-9-14(16)8-4-2/h13-14H,3-12,15H2,1-2H3. The van der Waals surface area contributed by atoms with Gasteiger partial charge in [0.15, 0.2) is 0 Å². The van der Waals surface area contributed by atoms with Crippen molar-refractivity contribution in [1.29, 1.82) is 0 Å². The highest BCUT2D eigenvalue weighted by atomic mass is 15.2. The predicted octanol–water partition coefficient (Wildman–Crippen LogP) is 3.16. The molecule has 1 aliphatic rings. The molecule has 96 valence electrons. The maximum atomic E-state index is 6.09. The highest BCUT2D eigenvalue weighted by molar-refractivity contribution is 4.77. The van der Waals surface area contributed by atoms with Gasteiger partial charge in [-0.15, -0.1) is 0 Å². The van der Waals surface area contributed by atoms with Gasteiger partial charge in [0.2, 0.25) is 0 Å². The third kappa shape index (κ3) is 4.84. The number of hydrogen-bond donors (Lipinski definition) is 1. The van der Waals surface area contributed by atoms with E-state index in [9.17, 15) is 0 Å². The Labute approximate surface area is 102 Å². The molecule has 0 aliphatic carbocycles. The monoisotopic (exact) mass is 226 g/mol. The van der Waals surface area contributed by atoms with Gasteiger partial charge in [-0.25, -0.2) is 0 Å². The van der Waals surface area contributed by atoms with Crippen LogP contribution in [0.3, 0.4) is 0 Å². The first-order chi connectivity index (χ1) is 7.77. The lowest BCUT2D eigenvalue weighted by atomic mass is 9.97. The zero-order valence-electron chi connectivity index (χ0n) is 11.3. The molecule has 0 aromatic carbocycles. The summed E-state index contributed by atoms with van der Waals surface area (Å²) in [6.45, 7) is 7.06. The van der Waals surface area contributed by atoms with Crippen molar-refractivity contribution in [2.24, 2.45) is 5.73 Å². The fourth-order valence-corrected chi connectivity index (χ4v) is 2.86. The lowest BCUT2D eigenvalue weighted by Crippen LogP contribution is -2.41. The highest BCUT2D eigenvalue weighted by Gasteiger charge is 2.21.